The Hall–Kier alpha value is -0.800. The summed E-state index contributed by atoms with van der Waals surface area (Å²) < 4.78 is 5.27. The minimum atomic E-state index is -0.407. The molecule has 0 radical (unpaired) electrons. The van der Waals surface area contributed by atoms with Crippen LogP contribution in [0.5, 0.6) is 0 Å². The molecule has 0 fully saturated rings. The maximum Gasteiger partial charge on any atom is 0.166 e. The largest absolute Gasteiger partial charge is 0.369 e. The number of hydrogen-bond donors (Lipinski definition) is 0. The van der Waals surface area contributed by atoms with Crippen LogP contribution in [0.3, 0.4) is 0 Å². The third kappa shape index (κ3) is 3.35. The first-order chi connectivity index (χ1) is 7.72. The second-order valence-electron chi connectivity index (χ2n) is 3.61. The van der Waals surface area contributed by atoms with E-state index in [2.05, 4.69) is 0 Å². The number of ketones is 1. The smallest absolute Gasteiger partial charge is 0.166 e. The summed E-state index contributed by atoms with van der Waals surface area (Å²) in [7, 11) is 1.58. The monoisotopic (exact) mass is 238 g/mol. The molecule has 0 aliphatic carbocycles. The van der Waals surface area contributed by atoms with Crippen LogP contribution < -0.4 is 0 Å². The van der Waals surface area contributed by atoms with Crippen LogP contribution >= 0.6 is 11.8 Å². The van der Waals surface area contributed by atoms with E-state index in [9.17, 15) is 4.79 Å². The lowest BCUT2D eigenvalue weighted by atomic mass is 10.0. The lowest BCUT2D eigenvalue weighted by Gasteiger charge is -2.14. The number of ether oxygens (including phenoxy) is 1. The van der Waals surface area contributed by atoms with E-state index in [0.29, 0.717) is 6.42 Å². The van der Waals surface area contributed by atoms with Gasteiger partial charge in [0.15, 0.2) is 5.78 Å². The lowest BCUT2D eigenvalue weighted by Crippen LogP contribution is -2.14. The van der Waals surface area contributed by atoms with E-state index >= 15 is 0 Å². The van der Waals surface area contributed by atoms with Crippen molar-refractivity contribution in [1.82, 2.24) is 0 Å². The molecular weight excluding hydrogens is 220 g/mol. The van der Waals surface area contributed by atoms with Crippen LogP contribution in [0.1, 0.15) is 31.4 Å². The van der Waals surface area contributed by atoms with Crippen LogP contribution in [0.2, 0.25) is 0 Å². The number of rotatable bonds is 6. The summed E-state index contributed by atoms with van der Waals surface area (Å²) in [4.78, 5) is 13.0. The minimum absolute atomic E-state index is 0.155. The summed E-state index contributed by atoms with van der Waals surface area (Å²) in [6, 6.07) is 7.97. The molecule has 0 saturated heterocycles. The van der Waals surface area contributed by atoms with E-state index in [1.165, 1.54) is 4.90 Å². The molecule has 1 rings (SSSR count). The van der Waals surface area contributed by atoms with E-state index < -0.39 is 6.10 Å². The third-order valence-corrected chi connectivity index (χ3v) is 3.19. The van der Waals surface area contributed by atoms with Crippen molar-refractivity contribution in [2.24, 2.45) is 0 Å². The SMILES string of the molecule is CCCC(=O)C(OC)c1ccc(SC)cc1. The number of carbonyl (C=O) groups excluding carboxylic acids is 1. The molecule has 1 atom stereocenters. The van der Waals surface area contributed by atoms with Gasteiger partial charge in [0.2, 0.25) is 0 Å². The van der Waals surface area contributed by atoms with Crippen molar-refractivity contribution < 1.29 is 9.53 Å². The zero-order chi connectivity index (χ0) is 12.0. The molecule has 0 amide bonds. The van der Waals surface area contributed by atoms with Gasteiger partial charge in [0.05, 0.1) is 0 Å². The van der Waals surface area contributed by atoms with E-state index in [1.54, 1.807) is 18.9 Å². The van der Waals surface area contributed by atoms with Crippen LogP contribution in [-0.4, -0.2) is 19.1 Å². The summed E-state index contributed by atoms with van der Waals surface area (Å²) in [6.07, 6.45) is 3.06. The first-order valence-electron chi connectivity index (χ1n) is 5.42. The molecule has 0 aromatic heterocycles. The molecule has 0 aliphatic rings. The zero-order valence-electron chi connectivity index (χ0n) is 10.0. The van der Waals surface area contributed by atoms with E-state index in [1.807, 2.05) is 37.4 Å². The molecule has 0 bridgehead atoms. The van der Waals surface area contributed by atoms with Gasteiger partial charge in [-0.05, 0) is 30.4 Å². The van der Waals surface area contributed by atoms with Gasteiger partial charge in [-0.15, -0.1) is 11.8 Å². The molecule has 1 unspecified atom stereocenters. The summed E-state index contributed by atoms with van der Waals surface area (Å²) in [5.41, 5.74) is 0.943. The highest BCUT2D eigenvalue weighted by Gasteiger charge is 2.18. The molecule has 3 heteroatoms. The van der Waals surface area contributed by atoms with Crippen molar-refractivity contribution in [2.75, 3.05) is 13.4 Å². The predicted molar refractivity (Wildman–Crippen MR) is 67.9 cm³/mol. The lowest BCUT2D eigenvalue weighted by molar-refractivity contribution is -0.129. The van der Waals surface area contributed by atoms with Gasteiger partial charge in [-0.2, -0.15) is 0 Å². The molecule has 1 aromatic carbocycles. The van der Waals surface area contributed by atoms with Gasteiger partial charge in [-0.3, -0.25) is 4.79 Å². The van der Waals surface area contributed by atoms with Crippen LogP contribution in [0.15, 0.2) is 29.2 Å². The molecule has 0 spiro atoms. The Morgan fingerprint density at radius 2 is 2.00 bits per heavy atom. The molecule has 0 heterocycles. The number of thioether (sulfide) groups is 1. The molecule has 0 aliphatic heterocycles. The number of carbonyl (C=O) groups is 1. The van der Waals surface area contributed by atoms with Crippen LogP contribution in [0.25, 0.3) is 0 Å². The van der Waals surface area contributed by atoms with Crippen molar-refractivity contribution in [3.8, 4) is 0 Å². The fourth-order valence-corrected chi connectivity index (χ4v) is 2.02. The molecular formula is C13H18O2S. The van der Waals surface area contributed by atoms with E-state index in [4.69, 9.17) is 4.74 Å². The van der Waals surface area contributed by atoms with Gasteiger partial charge in [-0.1, -0.05) is 19.1 Å². The maximum atomic E-state index is 11.8. The number of Topliss-reactive ketones (excluding diaryl/α,β-unsaturated/α-hetero) is 1. The van der Waals surface area contributed by atoms with Gasteiger partial charge < -0.3 is 4.74 Å². The van der Waals surface area contributed by atoms with E-state index in [-0.39, 0.29) is 5.78 Å². The first kappa shape index (κ1) is 13.3. The third-order valence-electron chi connectivity index (χ3n) is 2.44. The second-order valence-corrected chi connectivity index (χ2v) is 4.48. The van der Waals surface area contributed by atoms with Crippen molar-refractivity contribution in [2.45, 2.75) is 30.8 Å². The Labute approximate surface area is 101 Å². The number of benzene rings is 1. The van der Waals surface area contributed by atoms with Crippen LogP contribution in [-0.2, 0) is 9.53 Å². The van der Waals surface area contributed by atoms with Gasteiger partial charge in [0, 0.05) is 18.4 Å². The van der Waals surface area contributed by atoms with Crippen molar-refractivity contribution >= 4 is 17.5 Å². The second kappa shape index (κ2) is 6.71. The van der Waals surface area contributed by atoms with Gasteiger partial charge >= 0.3 is 0 Å². The minimum Gasteiger partial charge on any atom is -0.369 e. The Morgan fingerprint density at radius 3 is 2.44 bits per heavy atom. The molecule has 0 saturated carbocycles. The normalized spacial score (nSPS) is 12.4. The average molecular weight is 238 g/mol. The fourth-order valence-electron chi connectivity index (χ4n) is 1.61. The molecule has 2 nitrogen and oxygen atoms in total. The topological polar surface area (TPSA) is 26.3 Å². The maximum absolute atomic E-state index is 11.8. The first-order valence-corrected chi connectivity index (χ1v) is 6.64. The van der Waals surface area contributed by atoms with Crippen molar-refractivity contribution in [3.05, 3.63) is 29.8 Å². The quantitative estimate of drug-likeness (QED) is 0.710. The summed E-state index contributed by atoms with van der Waals surface area (Å²) >= 11 is 1.69. The predicted octanol–water partition coefficient (Wildman–Crippen LogP) is 3.47. The number of methoxy groups -OCH3 is 1. The summed E-state index contributed by atoms with van der Waals surface area (Å²) in [5.74, 6) is 0.155. The Balaban J connectivity index is 2.82. The highest BCUT2D eigenvalue weighted by molar-refractivity contribution is 7.98. The fraction of sp³-hybridized carbons (Fsp3) is 0.462. The van der Waals surface area contributed by atoms with Crippen LogP contribution in [0, 0.1) is 0 Å². The number of hydrogen-bond acceptors (Lipinski definition) is 3. The Kier molecular flexibility index (Phi) is 5.56. The Bertz CT molecular complexity index is 332. The highest BCUT2D eigenvalue weighted by Crippen LogP contribution is 2.23. The van der Waals surface area contributed by atoms with Crippen molar-refractivity contribution in [3.63, 3.8) is 0 Å². The molecule has 1 aromatic rings. The van der Waals surface area contributed by atoms with Gasteiger partial charge in [-0.25, -0.2) is 0 Å². The summed E-state index contributed by atoms with van der Waals surface area (Å²) in [5, 5.41) is 0. The van der Waals surface area contributed by atoms with Crippen LogP contribution in [0.4, 0.5) is 0 Å². The Morgan fingerprint density at radius 1 is 1.38 bits per heavy atom. The standard InChI is InChI=1S/C13H18O2S/c1-4-5-12(14)13(15-2)10-6-8-11(16-3)9-7-10/h6-9,13H,4-5H2,1-3H3. The van der Waals surface area contributed by atoms with Gasteiger partial charge in [0.25, 0.3) is 0 Å². The molecule has 16 heavy (non-hydrogen) atoms. The summed E-state index contributed by atoms with van der Waals surface area (Å²) in [6.45, 7) is 2.00. The zero-order valence-corrected chi connectivity index (χ0v) is 10.8. The van der Waals surface area contributed by atoms with E-state index in [0.717, 1.165) is 12.0 Å². The molecule has 88 valence electrons. The highest BCUT2D eigenvalue weighted by atomic mass is 32.2. The van der Waals surface area contributed by atoms with Crippen molar-refractivity contribution in [1.29, 1.82) is 0 Å². The average Bonchev–Trinajstić information content (AvgIpc) is 2.31. The molecule has 0 N–H and O–H groups in total. The van der Waals surface area contributed by atoms with Gasteiger partial charge in [0.1, 0.15) is 6.10 Å².